The van der Waals surface area contributed by atoms with Gasteiger partial charge in [0.1, 0.15) is 4.24 Å². The van der Waals surface area contributed by atoms with E-state index in [1.165, 1.54) is 16.7 Å². The minimum atomic E-state index is -2.99. The molecule has 0 N–H and O–H groups in total. The topological polar surface area (TPSA) is 34.1 Å². The highest BCUT2D eigenvalue weighted by Crippen LogP contribution is 2.45. The number of benzene rings is 1. The largest absolute Gasteiger partial charge is 0.223 e. The van der Waals surface area contributed by atoms with Gasteiger partial charge in [0.15, 0.2) is 9.84 Å². The van der Waals surface area contributed by atoms with Crippen molar-refractivity contribution >= 4 is 33.4 Å². The molecule has 0 aromatic heterocycles. The van der Waals surface area contributed by atoms with Crippen molar-refractivity contribution in [1.82, 2.24) is 0 Å². The number of sulfone groups is 1. The van der Waals surface area contributed by atoms with E-state index >= 15 is 0 Å². The molecule has 2 nitrogen and oxygen atoms in total. The average Bonchev–Trinajstić information content (AvgIpc) is 2.68. The molecule has 94 valence electrons. The molecule has 0 radical (unpaired) electrons. The van der Waals surface area contributed by atoms with Crippen molar-refractivity contribution in [2.24, 2.45) is 0 Å². The molecule has 2 aliphatic heterocycles. The molecule has 0 saturated heterocycles. The first-order valence-electron chi connectivity index (χ1n) is 5.68. The highest BCUT2D eigenvalue weighted by atomic mass is 32.3. The second-order valence-corrected chi connectivity index (χ2v) is 8.61. The maximum atomic E-state index is 11.9. The molecule has 5 heteroatoms. The number of rotatable bonds is 2. The molecular weight excluding hydrogens is 284 g/mol. The van der Waals surface area contributed by atoms with Gasteiger partial charge in [0.25, 0.3) is 0 Å². The molecule has 1 unspecified atom stereocenters. The van der Waals surface area contributed by atoms with Gasteiger partial charge in [0.2, 0.25) is 0 Å². The molecule has 0 bridgehead atoms. The van der Waals surface area contributed by atoms with Gasteiger partial charge in [-0.15, -0.1) is 11.8 Å². The molecule has 2 aliphatic rings. The van der Waals surface area contributed by atoms with Gasteiger partial charge in [-0.1, -0.05) is 36.0 Å². The van der Waals surface area contributed by atoms with Gasteiger partial charge in [-0.25, -0.2) is 8.42 Å². The van der Waals surface area contributed by atoms with Gasteiger partial charge in [0, 0.05) is 4.90 Å². The fraction of sp³-hybridized carbons (Fsp3) is 0.231. The zero-order chi connectivity index (χ0) is 12.6. The molecular formula is C13H12O2S3. The monoisotopic (exact) mass is 296 g/mol. The lowest BCUT2D eigenvalue weighted by atomic mass is 10.1. The first kappa shape index (κ1) is 12.4. The minimum absolute atomic E-state index is 0.168. The van der Waals surface area contributed by atoms with Gasteiger partial charge in [-0.05, 0) is 29.5 Å². The normalized spacial score (nSPS) is 25.2. The SMILES string of the molecule is O=S1(=O)CCC2=C1SC=CC2Sc1ccccc1. The van der Waals surface area contributed by atoms with Crippen molar-refractivity contribution in [2.45, 2.75) is 16.6 Å². The summed E-state index contributed by atoms with van der Waals surface area (Å²) in [6, 6.07) is 10.1. The Hall–Kier alpha value is -0.650. The fourth-order valence-electron chi connectivity index (χ4n) is 2.09. The molecule has 3 rings (SSSR count). The van der Waals surface area contributed by atoms with Crippen molar-refractivity contribution in [3.05, 3.63) is 51.6 Å². The van der Waals surface area contributed by atoms with Crippen LogP contribution in [0.15, 0.2) is 56.5 Å². The standard InChI is InChI=1S/C13H12O2S3/c14-18(15)9-7-11-12(6-8-16-13(11)18)17-10-4-2-1-3-5-10/h1-6,8,12H,7,9H2. The van der Waals surface area contributed by atoms with Crippen LogP contribution < -0.4 is 0 Å². The van der Waals surface area contributed by atoms with Gasteiger partial charge in [-0.2, -0.15) is 0 Å². The van der Waals surface area contributed by atoms with E-state index in [2.05, 4.69) is 18.2 Å². The summed E-state index contributed by atoms with van der Waals surface area (Å²) < 4.78 is 24.3. The first-order valence-corrected chi connectivity index (χ1v) is 9.09. The van der Waals surface area contributed by atoms with Crippen LogP contribution in [-0.2, 0) is 9.84 Å². The van der Waals surface area contributed by atoms with Crippen LogP contribution in [-0.4, -0.2) is 19.4 Å². The van der Waals surface area contributed by atoms with Crippen LogP contribution in [0.4, 0.5) is 0 Å². The van der Waals surface area contributed by atoms with E-state index in [-0.39, 0.29) is 11.0 Å². The van der Waals surface area contributed by atoms with Gasteiger partial charge < -0.3 is 0 Å². The zero-order valence-corrected chi connectivity index (χ0v) is 12.0. The molecule has 0 fully saturated rings. The molecule has 0 aliphatic carbocycles. The van der Waals surface area contributed by atoms with Crippen LogP contribution in [0.3, 0.4) is 0 Å². The predicted molar refractivity (Wildman–Crippen MR) is 78.2 cm³/mol. The summed E-state index contributed by atoms with van der Waals surface area (Å²) in [6.07, 6.45) is 2.78. The lowest BCUT2D eigenvalue weighted by Gasteiger charge is -2.18. The van der Waals surface area contributed by atoms with Crippen LogP contribution in [0.5, 0.6) is 0 Å². The summed E-state index contributed by atoms with van der Waals surface area (Å²) in [6.45, 7) is 0. The van der Waals surface area contributed by atoms with E-state index in [1.54, 1.807) is 11.8 Å². The van der Waals surface area contributed by atoms with Crippen molar-refractivity contribution in [1.29, 1.82) is 0 Å². The van der Waals surface area contributed by atoms with Gasteiger partial charge in [-0.3, -0.25) is 0 Å². The summed E-state index contributed by atoms with van der Waals surface area (Å²) in [5, 5.41) is 2.07. The van der Waals surface area contributed by atoms with E-state index in [0.29, 0.717) is 10.7 Å². The Morgan fingerprint density at radius 1 is 1.22 bits per heavy atom. The van der Waals surface area contributed by atoms with Crippen LogP contribution in [0.2, 0.25) is 0 Å². The lowest BCUT2D eigenvalue weighted by Crippen LogP contribution is -2.06. The van der Waals surface area contributed by atoms with Gasteiger partial charge >= 0.3 is 0 Å². The Labute approximate surface area is 115 Å². The smallest absolute Gasteiger partial charge is 0.184 e. The Balaban J connectivity index is 1.90. The van der Waals surface area contributed by atoms with E-state index < -0.39 is 9.84 Å². The van der Waals surface area contributed by atoms with Crippen molar-refractivity contribution in [2.75, 3.05) is 5.75 Å². The highest BCUT2D eigenvalue weighted by molar-refractivity contribution is 8.20. The fourth-order valence-corrected chi connectivity index (χ4v) is 6.53. The molecule has 1 aromatic rings. The first-order chi connectivity index (χ1) is 8.67. The Morgan fingerprint density at radius 2 is 2.00 bits per heavy atom. The van der Waals surface area contributed by atoms with Crippen molar-refractivity contribution in [3.8, 4) is 0 Å². The molecule has 18 heavy (non-hydrogen) atoms. The lowest BCUT2D eigenvalue weighted by molar-refractivity contribution is 0.606. The Morgan fingerprint density at radius 3 is 2.78 bits per heavy atom. The number of thioether (sulfide) groups is 2. The van der Waals surface area contributed by atoms with E-state index in [0.717, 1.165) is 5.57 Å². The number of hydrogen-bond donors (Lipinski definition) is 0. The molecule has 2 heterocycles. The molecule has 0 amide bonds. The summed E-state index contributed by atoms with van der Waals surface area (Å²) in [7, 11) is -2.99. The van der Waals surface area contributed by atoms with Crippen LogP contribution in [0.25, 0.3) is 0 Å². The van der Waals surface area contributed by atoms with E-state index in [9.17, 15) is 8.42 Å². The Kier molecular flexibility index (Phi) is 3.30. The zero-order valence-electron chi connectivity index (χ0n) is 9.57. The molecule has 1 aromatic carbocycles. The second kappa shape index (κ2) is 4.79. The maximum absolute atomic E-state index is 11.9. The third-order valence-corrected chi connectivity index (χ3v) is 7.59. The quantitative estimate of drug-likeness (QED) is 0.837. The molecule has 0 saturated carbocycles. The Bertz CT molecular complexity index is 615. The predicted octanol–water partition coefficient (Wildman–Crippen LogP) is 3.44. The van der Waals surface area contributed by atoms with E-state index in [1.807, 2.05) is 23.6 Å². The maximum Gasteiger partial charge on any atom is 0.184 e. The number of hydrogen-bond acceptors (Lipinski definition) is 4. The highest BCUT2D eigenvalue weighted by Gasteiger charge is 2.34. The summed E-state index contributed by atoms with van der Waals surface area (Å²) in [4.78, 5) is 1.18. The average molecular weight is 296 g/mol. The summed E-state index contributed by atoms with van der Waals surface area (Å²) in [5.41, 5.74) is 1.08. The van der Waals surface area contributed by atoms with Crippen molar-refractivity contribution in [3.63, 3.8) is 0 Å². The third kappa shape index (κ3) is 2.27. The summed E-state index contributed by atoms with van der Waals surface area (Å²) >= 11 is 3.07. The summed E-state index contributed by atoms with van der Waals surface area (Å²) in [5.74, 6) is 0.276. The second-order valence-electron chi connectivity index (χ2n) is 4.18. The molecule has 1 atom stereocenters. The van der Waals surface area contributed by atoms with E-state index in [4.69, 9.17) is 0 Å². The van der Waals surface area contributed by atoms with Crippen molar-refractivity contribution < 1.29 is 8.42 Å². The van der Waals surface area contributed by atoms with Crippen LogP contribution in [0, 0.1) is 0 Å². The van der Waals surface area contributed by atoms with Crippen LogP contribution >= 0.6 is 23.5 Å². The third-order valence-electron chi connectivity index (χ3n) is 2.96. The minimum Gasteiger partial charge on any atom is -0.223 e. The van der Waals surface area contributed by atoms with Crippen LogP contribution in [0.1, 0.15) is 6.42 Å². The molecule has 0 spiro atoms. The van der Waals surface area contributed by atoms with Gasteiger partial charge in [0.05, 0.1) is 11.0 Å².